The van der Waals surface area contributed by atoms with Crippen LogP contribution in [0.3, 0.4) is 0 Å². The minimum absolute atomic E-state index is 0.0180. The van der Waals surface area contributed by atoms with Crippen LogP contribution in [-0.4, -0.2) is 12.1 Å². The van der Waals surface area contributed by atoms with Crippen molar-refractivity contribution in [3.63, 3.8) is 0 Å². The van der Waals surface area contributed by atoms with Crippen molar-refractivity contribution in [2.75, 3.05) is 12.8 Å². The molecule has 0 saturated heterocycles. The second-order valence-electron chi connectivity index (χ2n) is 2.60. The average Bonchev–Trinajstić information content (AvgIpc) is 2.48. The fourth-order valence-electron chi connectivity index (χ4n) is 1.20. The molecule has 0 aliphatic rings. The van der Waals surface area contributed by atoms with Gasteiger partial charge in [0.25, 0.3) is 0 Å². The Morgan fingerprint density at radius 2 is 2.14 bits per heavy atom. The Bertz CT molecular complexity index is 498. The number of anilines is 1. The number of nitrogens with zero attached hydrogens (tertiary/aromatic N) is 1. The molecule has 0 aliphatic carbocycles. The maximum atomic E-state index is 13.2. The molecule has 0 atom stereocenters. The van der Waals surface area contributed by atoms with Crippen molar-refractivity contribution in [3.8, 4) is 5.75 Å². The lowest BCUT2D eigenvalue weighted by atomic mass is 10.3. The number of rotatable bonds is 1. The van der Waals surface area contributed by atoms with Crippen LogP contribution in [0.15, 0.2) is 6.07 Å². The summed E-state index contributed by atoms with van der Waals surface area (Å²) in [5.74, 6) is -1.50. The van der Waals surface area contributed by atoms with E-state index in [2.05, 4.69) is 4.98 Å². The zero-order valence-corrected chi connectivity index (χ0v) is 7.99. The maximum absolute atomic E-state index is 13.2. The topological polar surface area (TPSA) is 48.1 Å². The minimum Gasteiger partial charge on any atom is -0.492 e. The Kier molecular flexibility index (Phi) is 1.99. The Morgan fingerprint density at radius 3 is 2.79 bits per heavy atom. The van der Waals surface area contributed by atoms with Crippen molar-refractivity contribution in [1.82, 2.24) is 4.98 Å². The van der Waals surface area contributed by atoms with Crippen LogP contribution in [0.25, 0.3) is 10.2 Å². The van der Waals surface area contributed by atoms with Crippen molar-refractivity contribution in [2.45, 2.75) is 0 Å². The number of nitrogens with two attached hydrogens (primary N) is 1. The minimum atomic E-state index is -0.749. The van der Waals surface area contributed by atoms with Gasteiger partial charge in [-0.25, -0.2) is 13.8 Å². The number of ether oxygens (including phenoxy) is 1. The number of aromatic nitrogens is 1. The molecular formula is C8H6F2N2OS. The highest BCUT2D eigenvalue weighted by Gasteiger charge is 2.16. The summed E-state index contributed by atoms with van der Waals surface area (Å²) >= 11 is 0.993. The Morgan fingerprint density at radius 1 is 1.43 bits per heavy atom. The molecule has 74 valence electrons. The van der Waals surface area contributed by atoms with Gasteiger partial charge in [0, 0.05) is 6.07 Å². The van der Waals surface area contributed by atoms with Gasteiger partial charge in [-0.1, -0.05) is 11.3 Å². The molecule has 0 unspecified atom stereocenters. The predicted molar refractivity (Wildman–Crippen MR) is 50.5 cm³/mol. The lowest BCUT2D eigenvalue weighted by Crippen LogP contribution is -1.90. The summed E-state index contributed by atoms with van der Waals surface area (Å²) in [6.45, 7) is 0. The predicted octanol–water partition coefficient (Wildman–Crippen LogP) is 2.17. The number of hydrogen-bond donors (Lipinski definition) is 1. The van der Waals surface area contributed by atoms with Crippen molar-refractivity contribution in [3.05, 3.63) is 17.7 Å². The standard InChI is InChI=1S/C8H6F2N2OS/c1-13-6-4(10)2-3(9)5-7(6)14-8(11)12-5/h2H,1H3,(H2,11,12). The number of fused-ring (bicyclic) bond motifs is 1. The normalized spacial score (nSPS) is 10.8. The molecule has 2 N–H and O–H groups in total. The van der Waals surface area contributed by atoms with Gasteiger partial charge in [0.2, 0.25) is 0 Å². The van der Waals surface area contributed by atoms with Gasteiger partial charge in [0.05, 0.1) is 7.11 Å². The SMILES string of the molecule is COc1c(F)cc(F)c2nc(N)sc12. The fraction of sp³-hybridized carbons (Fsp3) is 0.125. The molecule has 0 amide bonds. The molecule has 2 aromatic rings. The molecule has 1 aromatic carbocycles. The number of nitrogen functional groups attached to an aromatic ring is 1. The number of hydrogen-bond acceptors (Lipinski definition) is 4. The third-order valence-corrected chi connectivity index (χ3v) is 2.63. The Balaban J connectivity index is 2.89. The van der Waals surface area contributed by atoms with Crippen LogP contribution < -0.4 is 10.5 Å². The van der Waals surface area contributed by atoms with E-state index >= 15 is 0 Å². The molecule has 0 bridgehead atoms. The zero-order chi connectivity index (χ0) is 10.3. The van der Waals surface area contributed by atoms with Crippen molar-refractivity contribution in [2.24, 2.45) is 0 Å². The van der Waals surface area contributed by atoms with Crippen molar-refractivity contribution >= 4 is 26.7 Å². The second kappa shape index (κ2) is 3.06. The Labute approximate surface area is 82.1 Å². The van der Waals surface area contributed by atoms with E-state index in [9.17, 15) is 8.78 Å². The van der Waals surface area contributed by atoms with Gasteiger partial charge in [-0.05, 0) is 0 Å². The highest BCUT2D eigenvalue weighted by Crippen LogP contribution is 2.35. The summed E-state index contributed by atoms with van der Waals surface area (Å²) in [5, 5.41) is 0.183. The van der Waals surface area contributed by atoms with Gasteiger partial charge in [-0.2, -0.15) is 0 Å². The third kappa shape index (κ3) is 1.19. The maximum Gasteiger partial charge on any atom is 0.181 e. The fourth-order valence-corrected chi connectivity index (χ4v) is 2.06. The van der Waals surface area contributed by atoms with E-state index in [0.29, 0.717) is 4.70 Å². The molecule has 0 spiro atoms. The third-order valence-electron chi connectivity index (χ3n) is 1.75. The number of benzene rings is 1. The molecule has 1 heterocycles. The highest BCUT2D eigenvalue weighted by atomic mass is 32.1. The second-order valence-corrected chi connectivity index (χ2v) is 3.63. The smallest absolute Gasteiger partial charge is 0.181 e. The van der Waals surface area contributed by atoms with E-state index in [4.69, 9.17) is 10.5 Å². The number of thiazole rings is 1. The van der Waals surface area contributed by atoms with E-state index in [1.54, 1.807) is 0 Å². The van der Waals surface area contributed by atoms with Gasteiger partial charge < -0.3 is 10.5 Å². The largest absolute Gasteiger partial charge is 0.492 e. The van der Waals surface area contributed by atoms with Crippen LogP contribution in [0, 0.1) is 11.6 Å². The van der Waals surface area contributed by atoms with Crippen LogP contribution in [0.2, 0.25) is 0 Å². The van der Waals surface area contributed by atoms with Gasteiger partial charge in [-0.3, -0.25) is 0 Å². The van der Waals surface area contributed by atoms with Gasteiger partial charge in [0.1, 0.15) is 10.2 Å². The number of halogens is 2. The van der Waals surface area contributed by atoms with Crippen molar-refractivity contribution in [1.29, 1.82) is 0 Å². The lowest BCUT2D eigenvalue weighted by Gasteiger charge is -2.02. The van der Waals surface area contributed by atoms with Gasteiger partial charge in [0.15, 0.2) is 22.5 Å². The monoisotopic (exact) mass is 216 g/mol. The van der Waals surface area contributed by atoms with Crippen LogP contribution in [0.5, 0.6) is 5.75 Å². The van der Waals surface area contributed by atoms with Crippen LogP contribution >= 0.6 is 11.3 Å². The first-order chi connectivity index (χ1) is 6.63. The summed E-state index contributed by atoms with van der Waals surface area (Å²) in [6, 6.07) is 0.736. The molecule has 0 aliphatic heterocycles. The molecule has 3 nitrogen and oxygen atoms in total. The number of methoxy groups -OCH3 is 1. The molecule has 0 fully saturated rings. The molecule has 6 heteroatoms. The van der Waals surface area contributed by atoms with Gasteiger partial charge >= 0.3 is 0 Å². The summed E-state index contributed by atoms with van der Waals surface area (Å²) in [6.07, 6.45) is 0. The summed E-state index contributed by atoms with van der Waals surface area (Å²) in [7, 11) is 1.31. The van der Waals surface area contributed by atoms with E-state index in [1.165, 1.54) is 7.11 Å². The summed E-state index contributed by atoms with van der Waals surface area (Å²) in [4.78, 5) is 3.74. The molecule has 2 rings (SSSR count). The first kappa shape index (κ1) is 9.14. The quantitative estimate of drug-likeness (QED) is 0.794. The van der Waals surface area contributed by atoms with Crippen LogP contribution in [-0.2, 0) is 0 Å². The van der Waals surface area contributed by atoms with Crippen molar-refractivity contribution < 1.29 is 13.5 Å². The molecular weight excluding hydrogens is 210 g/mol. The van der Waals surface area contributed by atoms with E-state index in [0.717, 1.165) is 17.4 Å². The lowest BCUT2D eigenvalue weighted by molar-refractivity contribution is 0.390. The van der Waals surface area contributed by atoms with Gasteiger partial charge in [-0.15, -0.1) is 0 Å². The first-order valence-electron chi connectivity index (χ1n) is 3.71. The summed E-state index contributed by atoms with van der Waals surface area (Å²) < 4.78 is 31.4. The zero-order valence-electron chi connectivity index (χ0n) is 7.17. The summed E-state index contributed by atoms with van der Waals surface area (Å²) in [5.41, 5.74) is 5.44. The first-order valence-corrected chi connectivity index (χ1v) is 4.53. The molecule has 14 heavy (non-hydrogen) atoms. The van der Waals surface area contributed by atoms with E-state index in [-0.39, 0.29) is 16.4 Å². The van der Waals surface area contributed by atoms with Crippen LogP contribution in [0.1, 0.15) is 0 Å². The molecule has 0 saturated carbocycles. The molecule has 0 radical (unpaired) electrons. The van der Waals surface area contributed by atoms with E-state index in [1.807, 2.05) is 0 Å². The highest BCUT2D eigenvalue weighted by molar-refractivity contribution is 7.22. The molecule has 1 aromatic heterocycles. The van der Waals surface area contributed by atoms with E-state index < -0.39 is 11.6 Å². The average molecular weight is 216 g/mol. The Hall–Kier alpha value is -1.43. The van der Waals surface area contributed by atoms with Crippen LogP contribution in [0.4, 0.5) is 13.9 Å².